The molecule has 3 amide bonds. The number of ether oxygens (including phenoxy) is 3. The van der Waals surface area contributed by atoms with Crippen LogP contribution in [0.15, 0.2) is 60.7 Å². The summed E-state index contributed by atoms with van der Waals surface area (Å²) in [6, 6.07) is 18.9. The highest BCUT2D eigenvalue weighted by molar-refractivity contribution is 6.38. The van der Waals surface area contributed by atoms with Gasteiger partial charge >= 0.3 is 11.9 Å². The summed E-state index contributed by atoms with van der Waals surface area (Å²) in [5, 5.41) is 26.7. The van der Waals surface area contributed by atoms with E-state index in [4.69, 9.17) is 60.6 Å². The highest BCUT2D eigenvalue weighted by atomic mass is 35.5. The lowest BCUT2D eigenvalue weighted by Crippen LogP contribution is -2.32. The minimum atomic E-state index is -1.06. The third-order valence-electron chi connectivity index (χ3n) is 7.88. The van der Waals surface area contributed by atoms with Crippen LogP contribution in [0.25, 0.3) is 0 Å². The number of anilines is 2. The Bertz CT molecular complexity index is 2310. The van der Waals surface area contributed by atoms with Crippen molar-refractivity contribution in [3.63, 3.8) is 0 Å². The minimum absolute atomic E-state index is 0.0191. The van der Waals surface area contributed by atoms with Crippen molar-refractivity contribution in [1.82, 2.24) is 5.32 Å². The van der Waals surface area contributed by atoms with Gasteiger partial charge in [-0.2, -0.15) is 10.5 Å². The van der Waals surface area contributed by atoms with Crippen molar-refractivity contribution in [2.75, 3.05) is 17.2 Å². The molecule has 300 valence electrons. The van der Waals surface area contributed by atoms with Crippen molar-refractivity contribution in [1.29, 1.82) is 10.5 Å². The standard InChI is InChI=1S/C41H35Cl4N5O8/c1-21(2)39(53)49-29-7-24(16-46)5-26(9-29)19-56-37-31(42)11-23(12-32(37)43)13-35(51)58-36(52)18-48-41(55)28-14-33(44)38(34(45)15-28)57-20-27-6-25(17-47)8-30(10-27)50-40(54)22(3)4/h5-12,14-15,21-22H,13,18-20H2,1-4H3,(H,48,55)(H,49,53)(H,50,54). The number of nitrogens with zero attached hydrogens (tertiary/aromatic N) is 2. The third-order valence-corrected chi connectivity index (χ3v) is 9.00. The lowest BCUT2D eigenvalue weighted by atomic mass is 10.1. The lowest BCUT2D eigenvalue weighted by Gasteiger charge is -2.14. The van der Waals surface area contributed by atoms with Gasteiger partial charge in [0.1, 0.15) is 19.8 Å². The van der Waals surface area contributed by atoms with Gasteiger partial charge in [0.25, 0.3) is 5.91 Å². The molecule has 13 nitrogen and oxygen atoms in total. The first-order chi connectivity index (χ1) is 27.5. The molecule has 4 aromatic rings. The number of carbonyl (C=O) groups excluding carboxylic acids is 5. The number of nitrogens with one attached hydrogen (secondary N) is 3. The largest absolute Gasteiger partial charge is 0.486 e. The van der Waals surface area contributed by atoms with E-state index in [9.17, 15) is 34.5 Å². The molecule has 0 aliphatic carbocycles. The number of halogens is 4. The second-order valence-corrected chi connectivity index (χ2v) is 14.9. The van der Waals surface area contributed by atoms with Gasteiger partial charge in [-0.1, -0.05) is 74.1 Å². The molecule has 0 aromatic heterocycles. The first-order valence-electron chi connectivity index (χ1n) is 17.4. The van der Waals surface area contributed by atoms with Crippen molar-refractivity contribution >= 4 is 87.4 Å². The molecule has 0 aliphatic rings. The molecule has 3 N–H and O–H groups in total. The Balaban J connectivity index is 1.30. The summed E-state index contributed by atoms with van der Waals surface area (Å²) < 4.78 is 16.5. The monoisotopic (exact) mass is 865 g/mol. The zero-order valence-electron chi connectivity index (χ0n) is 31.4. The molecule has 0 spiro atoms. The molecule has 0 bridgehead atoms. The van der Waals surface area contributed by atoms with Gasteiger partial charge in [0, 0.05) is 28.8 Å². The van der Waals surface area contributed by atoms with Crippen LogP contribution in [0, 0.1) is 34.5 Å². The van der Waals surface area contributed by atoms with E-state index in [1.54, 1.807) is 52.0 Å². The molecule has 17 heteroatoms. The third kappa shape index (κ3) is 12.8. The summed E-state index contributed by atoms with van der Waals surface area (Å²) >= 11 is 25.6. The van der Waals surface area contributed by atoms with Crippen molar-refractivity contribution < 1.29 is 38.2 Å². The summed E-state index contributed by atoms with van der Waals surface area (Å²) in [6.45, 7) is 6.14. The van der Waals surface area contributed by atoms with Gasteiger partial charge in [-0.15, -0.1) is 0 Å². The number of benzene rings is 4. The van der Waals surface area contributed by atoms with Crippen molar-refractivity contribution in [2.45, 2.75) is 47.3 Å². The average molecular weight is 868 g/mol. The molecule has 0 aliphatic heterocycles. The fourth-order valence-corrected chi connectivity index (χ4v) is 6.25. The summed E-state index contributed by atoms with van der Waals surface area (Å²) in [4.78, 5) is 62.1. The summed E-state index contributed by atoms with van der Waals surface area (Å²) in [7, 11) is 0. The van der Waals surface area contributed by atoms with Crippen LogP contribution in [0.4, 0.5) is 11.4 Å². The predicted molar refractivity (Wildman–Crippen MR) is 218 cm³/mol. The van der Waals surface area contributed by atoms with Crippen LogP contribution >= 0.6 is 46.4 Å². The number of amides is 3. The fourth-order valence-electron chi connectivity index (χ4n) is 5.01. The molecule has 4 aromatic carbocycles. The van der Waals surface area contributed by atoms with Crippen molar-refractivity contribution in [3.8, 4) is 23.6 Å². The Morgan fingerprint density at radius 1 is 0.603 bits per heavy atom. The van der Waals surface area contributed by atoms with E-state index in [0.717, 1.165) is 0 Å². The van der Waals surface area contributed by atoms with Gasteiger partial charge in [0.2, 0.25) is 11.8 Å². The van der Waals surface area contributed by atoms with Crippen LogP contribution in [-0.2, 0) is 43.5 Å². The average Bonchev–Trinajstić information content (AvgIpc) is 3.15. The van der Waals surface area contributed by atoms with Crippen LogP contribution in [0.3, 0.4) is 0 Å². The molecule has 0 heterocycles. The van der Waals surface area contributed by atoms with Gasteiger partial charge in [-0.05, 0) is 77.4 Å². The van der Waals surface area contributed by atoms with E-state index in [0.29, 0.717) is 39.2 Å². The first kappa shape index (κ1) is 44.9. The van der Waals surface area contributed by atoms with Crippen LogP contribution in [0.5, 0.6) is 11.5 Å². The molecule has 0 saturated carbocycles. The maximum absolute atomic E-state index is 12.8. The maximum Gasteiger partial charge on any atom is 0.333 e. The Morgan fingerprint density at radius 3 is 1.45 bits per heavy atom. The van der Waals surface area contributed by atoms with Crippen LogP contribution in [0.2, 0.25) is 20.1 Å². The van der Waals surface area contributed by atoms with Gasteiger partial charge in [0.05, 0.1) is 49.8 Å². The summed E-state index contributed by atoms with van der Waals surface area (Å²) in [5.41, 5.74) is 2.82. The number of hydrogen-bond acceptors (Lipinski definition) is 10. The van der Waals surface area contributed by atoms with Gasteiger partial charge in [-0.25, -0.2) is 4.79 Å². The molecular weight excluding hydrogens is 832 g/mol. The Labute approximate surface area is 354 Å². The predicted octanol–water partition coefficient (Wildman–Crippen LogP) is 8.43. The van der Waals surface area contributed by atoms with E-state index in [1.807, 2.05) is 12.1 Å². The summed E-state index contributed by atoms with van der Waals surface area (Å²) in [5.74, 6) is -3.61. The minimum Gasteiger partial charge on any atom is -0.486 e. The van der Waals surface area contributed by atoms with Gasteiger partial charge in [0.15, 0.2) is 11.5 Å². The molecule has 4 rings (SSSR count). The maximum atomic E-state index is 12.8. The number of esters is 2. The van der Waals surface area contributed by atoms with E-state index < -0.39 is 30.8 Å². The Morgan fingerprint density at radius 2 is 1.03 bits per heavy atom. The molecule has 0 unspecified atom stereocenters. The van der Waals surface area contributed by atoms with Gasteiger partial charge in [-0.3, -0.25) is 19.2 Å². The number of hydrogen-bond donors (Lipinski definition) is 3. The van der Waals surface area contributed by atoms with Crippen LogP contribution in [0.1, 0.15) is 65.9 Å². The lowest BCUT2D eigenvalue weighted by molar-refractivity contribution is -0.158. The smallest absolute Gasteiger partial charge is 0.333 e. The highest BCUT2D eigenvalue weighted by Gasteiger charge is 2.19. The van der Waals surface area contributed by atoms with Crippen LogP contribution in [-0.4, -0.2) is 36.2 Å². The number of carbonyl (C=O) groups is 5. The van der Waals surface area contributed by atoms with Gasteiger partial charge < -0.3 is 30.2 Å². The zero-order valence-corrected chi connectivity index (χ0v) is 34.5. The Hall–Kier alpha value is -5.83. The van der Waals surface area contributed by atoms with Crippen molar-refractivity contribution in [3.05, 3.63) is 114 Å². The molecule has 0 saturated heterocycles. The van der Waals surface area contributed by atoms with E-state index in [2.05, 4.69) is 16.0 Å². The van der Waals surface area contributed by atoms with E-state index >= 15 is 0 Å². The molecule has 0 radical (unpaired) electrons. The SMILES string of the molecule is CC(C)C(=O)Nc1cc(C#N)cc(COc2c(Cl)cc(CC(=O)OC(=O)CNC(=O)c3cc(Cl)c(OCc4cc(C#N)cc(NC(=O)C(C)C)c4)c(Cl)c3)cc2Cl)c1. The molecule has 0 fully saturated rings. The fraction of sp³-hybridized carbons (Fsp3) is 0.244. The quantitative estimate of drug-likeness (QED) is 0.0770. The normalized spacial score (nSPS) is 10.6. The number of rotatable bonds is 15. The molecule has 58 heavy (non-hydrogen) atoms. The van der Waals surface area contributed by atoms with E-state index in [-0.39, 0.29) is 74.0 Å². The zero-order chi connectivity index (χ0) is 42.7. The second-order valence-electron chi connectivity index (χ2n) is 13.3. The first-order valence-corrected chi connectivity index (χ1v) is 18.9. The highest BCUT2D eigenvalue weighted by Crippen LogP contribution is 2.36. The molecule has 0 atom stereocenters. The Kier molecular flexibility index (Phi) is 15.9. The second kappa shape index (κ2) is 20.5. The summed E-state index contributed by atoms with van der Waals surface area (Å²) in [6.07, 6.45) is -0.399. The van der Waals surface area contributed by atoms with E-state index in [1.165, 1.54) is 36.4 Å². The topological polar surface area (TPSA) is 197 Å². The van der Waals surface area contributed by atoms with Crippen LogP contribution < -0.4 is 25.4 Å². The van der Waals surface area contributed by atoms with Crippen molar-refractivity contribution in [2.24, 2.45) is 11.8 Å². The molecular formula is C41H35Cl4N5O8. The number of nitriles is 2.